The van der Waals surface area contributed by atoms with Gasteiger partial charge in [-0.25, -0.2) is 9.78 Å². The van der Waals surface area contributed by atoms with Crippen LogP contribution in [0.15, 0.2) is 52.2 Å². The summed E-state index contributed by atoms with van der Waals surface area (Å²) in [7, 11) is 1.53. The van der Waals surface area contributed by atoms with Crippen LogP contribution in [0.1, 0.15) is 27.2 Å². The van der Waals surface area contributed by atoms with Gasteiger partial charge in [-0.1, -0.05) is 36.0 Å². The van der Waals surface area contributed by atoms with Crippen LogP contribution in [0.3, 0.4) is 0 Å². The number of ether oxygens (including phenoxy) is 2. The van der Waals surface area contributed by atoms with Gasteiger partial charge in [0.15, 0.2) is 6.61 Å². The maximum Gasteiger partial charge on any atom is 0.338 e. The number of carbonyl (C=O) groups is 2. The smallest absolute Gasteiger partial charge is 0.338 e. The third kappa shape index (κ3) is 5.84. The summed E-state index contributed by atoms with van der Waals surface area (Å²) in [6.45, 7) is 3.48. The molecule has 156 valence electrons. The molecule has 3 rings (SSSR count). The number of hydrogen-bond donors (Lipinski definition) is 1. The molecule has 0 unspecified atom stereocenters. The van der Waals surface area contributed by atoms with E-state index in [0.717, 1.165) is 21.2 Å². The fourth-order valence-electron chi connectivity index (χ4n) is 2.70. The minimum Gasteiger partial charge on any atom is -0.495 e. The Kier molecular flexibility index (Phi) is 7.48. The third-order valence-electron chi connectivity index (χ3n) is 4.15. The molecule has 30 heavy (non-hydrogen) atoms. The Labute approximate surface area is 183 Å². The van der Waals surface area contributed by atoms with Gasteiger partial charge in [-0.15, -0.1) is 11.3 Å². The van der Waals surface area contributed by atoms with Gasteiger partial charge in [-0.05, 0) is 43.2 Å². The highest BCUT2D eigenvalue weighted by Crippen LogP contribution is 2.28. The molecular formula is C22H22N2O4S2. The SMILES string of the molecule is COc1ccc(C)cc1NC(=O)COC(=O)c1ccccc1CSc1nc(C)cs1. The molecule has 0 aliphatic heterocycles. The lowest BCUT2D eigenvalue weighted by Crippen LogP contribution is -2.21. The van der Waals surface area contributed by atoms with E-state index in [4.69, 9.17) is 9.47 Å². The van der Waals surface area contributed by atoms with Crippen molar-refractivity contribution in [2.45, 2.75) is 23.9 Å². The molecule has 1 N–H and O–H groups in total. The van der Waals surface area contributed by atoms with Crippen molar-refractivity contribution in [1.82, 2.24) is 4.98 Å². The number of esters is 1. The van der Waals surface area contributed by atoms with E-state index < -0.39 is 11.9 Å². The van der Waals surface area contributed by atoms with Gasteiger partial charge in [0.1, 0.15) is 10.1 Å². The van der Waals surface area contributed by atoms with Crippen LogP contribution in [0.2, 0.25) is 0 Å². The number of carbonyl (C=O) groups excluding carboxylic acids is 2. The van der Waals surface area contributed by atoms with Crippen LogP contribution in [-0.4, -0.2) is 30.6 Å². The highest BCUT2D eigenvalue weighted by Gasteiger charge is 2.16. The standard InChI is InChI=1S/C22H22N2O4S2/c1-14-8-9-19(27-3)18(10-14)24-20(25)11-28-21(26)17-7-5-4-6-16(17)13-30-22-23-15(2)12-29-22/h4-10,12H,11,13H2,1-3H3,(H,24,25). The summed E-state index contributed by atoms with van der Waals surface area (Å²) >= 11 is 3.14. The molecule has 0 saturated heterocycles. The number of aryl methyl sites for hydroxylation is 2. The average Bonchev–Trinajstić information content (AvgIpc) is 3.16. The van der Waals surface area contributed by atoms with Crippen molar-refractivity contribution >= 4 is 40.7 Å². The van der Waals surface area contributed by atoms with Gasteiger partial charge >= 0.3 is 5.97 Å². The van der Waals surface area contributed by atoms with E-state index in [1.165, 1.54) is 7.11 Å². The van der Waals surface area contributed by atoms with E-state index in [0.29, 0.717) is 22.8 Å². The summed E-state index contributed by atoms with van der Waals surface area (Å²) in [5.41, 5.74) is 3.77. The highest BCUT2D eigenvalue weighted by molar-refractivity contribution is 8.00. The molecule has 0 aliphatic carbocycles. The molecule has 8 heteroatoms. The van der Waals surface area contributed by atoms with Crippen molar-refractivity contribution in [3.8, 4) is 5.75 Å². The number of benzene rings is 2. The van der Waals surface area contributed by atoms with Crippen LogP contribution < -0.4 is 10.1 Å². The van der Waals surface area contributed by atoms with Crippen LogP contribution in [0.4, 0.5) is 5.69 Å². The third-order valence-corrected chi connectivity index (χ3v) is 6.34. The number of nitrogens with zero attached hydrogens (tertiary/aromatic N) is 1. The first-order valence-electron chi connectivity index (χ1n) is 9.20. The van der Waals surface area contributed by atoms with E-state index >= 15 is 0 Å². The summed E-state index contributed by atoms with van der Waals surface area (Å²) in [5.74, 6) is 0.163. The van der Waals surface area contributed by atoms with Gasteiger partial charge in [0.25, 0.3) is 5.91 Å². The van der Waals surface area contributed by atoms with Crippen LogP contribution in [-0.2, 0) is 15.3 Å². The monoisotopic (exact) mass is 442 g/mol. The van der Waals surface area contributed by atoms with Crippen LogP contribution in [0.25, 0.3) is 0 Å². The van der Waals surface area contributed by atoms with E-state index in [-0.39, 0.29) is 6.61 Å². The fourth-order valence-corrected chi connectivity index (χ4v) is 4.55. The predicted molar refractivity (Wildman–Crippen MR) is 119 cm³/mol. The number of anilines is 1. The van der Waals surface area contributed by atoms with Crippen molar-refractivity contribution in [3.05, 3.63) is 70.2 Å². The van der Waals surface area contributed by atoms with Crippen molar-refractivity contribution in [1.29, 1.82) is 0 Å². The van der Waals surface area contributed by atoms with Gasteiger partial charge in [0, 0.05) is 16.8 Å². The zero-order valence-corrected chi connectivity index (χ0v) is 18.6. The lowest BCUT2D eigenvalue weighted by molar-refractivity contribution is -0.119. The Morgan fingerprint density at radius 1 is 1.17 bits per heavy atom. The largest absolute Gasteiger partial charge is 0.495 e. The maximum absolute atomic E-state index is 12.6. The second-order valence-corrected chi connectivity index (χ2v) is 8.61. The van der Waals surface area contributed by atoms with Gasteiger partial charge in [-0.3, -0.25) is 4.79 Å². The second kappa shape index (κ2) is 10.3. The molecule has 0 radical (unpaired) electrons. The Bertz CT molecular complexity index is 1050. The van der Waals surface area contributed by atoms with Gasteiger partial charge < -0.3 is 14.8 Å². The molecule has 1 amide bonds. The number of aromatic nitrogens is 1. The van der Waals surface area contributed by atoms with Gasteiger partial charge in [0.2, 0.25) is 0 Å². The zero-order chi connectivity index (χ0) is 21.5. The quantitative estimate of drug-likeness (QED) is 0.397. The molecule has 2 aromatic carbocycles. The number of thioether (sulfide) groups is 1. The molecule has 0 aliphatic rings. The molecule has 1 heterocycles. The van der Waals surface area contributed by atoms with Crippen LogP contribution in [0.5, 0.6) is 5.75 Å². The zero-order valence-electron chi connectivity index (χ0n) is 16.9. The molecular weight excluding hydrogens is 420 g/mol. The lowest BCUT2D eigenvalue weighted by Gasteiger charge is -2.12. The minimum absolute atomic E-state index is 0.386. The Balaban J connectivity index is 1.59. The van der Waals surface area contributed by atoms with Crippen molar-refractivity contribution in [2.24, 2.45) is 0 Å². The average molecular weight is 443 g/mol. The molecule has 3 aromatic rings. The first-order valence-corrected chi connectivity index (χ1v) is 11.1. The summed E-state index contributed by atoms with van der Waals surface area (Å²) < 4.78 is 11.4. The molecule has 0 bridgehead atoms. The molecule has 0 saturated carbocycles. The van der Waals surface area contributed by atoms with Crippen molar-refractivity contribution < 1.29 is 19.1 Å². The number of rotatable bonds is 8. The molecule has 6 nitrogen and oxygen atoms in total. The van der Waals surface area contributed by atoms with Gasteiger partial charge in [-0.2, -0.15) is 0 Å². The van der Waals surface area contributed by atoms with Crippen molar-refractivity contribution in [3.63, 3.8) is 0 Å². The number of hydrogen-bond acceptors (Lipinski definition) is 7. The molecule has 0 fully saturated rings. The van der Waals surface area contributed by atoms with Crippen molar-refractivity contribution in [2.75, 3.05) is 19.0 Å². The Morgan fingerprint density at radius 2 is 1.97 bits per heavy atom. The number of amides is 1. The van der Waals surface area contributed by atoms with E-state index in [2.05, 4.69) is 10.3 Å². The summed E-state index contributed by atoms with van der Waals surface area (Å²) in [4.78, 5) is 29.3. The molecule has 0 atom stereocenters. The fraction of sp³-hybridized carbons (Fsp3) is 0.227. The number of methoxy groups -OCH3 is 1. The van der Waals surface area contributed by atoms with E-state index in [1.807, 2.05) is 37.4 Å². The Morgan fingerprint density at radius 3 is 2.70 bits per heavy atom. The highest BCUT2D eigenvalue weighted by atomic mass is 32.2. The van der Waals surface area contributed by atoms with Crippen LogP contribution >= 0.6 is 23.1 Å². The summed E-state index contributed by atoms with van der Waals surface area (Å²) in [6.07, 6.45) is 0. The maximum atomic E-state index is 12.6. The number of thiazole rings is 1. The first-order chi connectivity index (χ1) is 14.5. The second-order valence-electron chi connectivity index (χ2n) is 6.53. The number of nitrogens with one attached hydrogen (secondary N) is 1. The van der Waals surface area contributed by atoms with Gasteiger partial charge in [0.05, 0.1) is 18.4 Å². The van der Waals surface area contributed by atoms with E-state index in [9.17, 15) is 9.59 Å². The molecule has 0 spiro atoms. The van der Waals surface area contributed by atoms with Crippen LogP contribution in [0, 0.1) is 13.8 Å². The Hall–Kier alpha value is -2.84. The topological polar surface area (TPSA) is 77.5 Å². The summed E-state index contributed by atoms with van der Waals surface area (Å²) in [6, 6.07) is 12.7. The lowest BCUT2D eigenvalue weighted by atomic mass is 10.1. The minimum atomic E-state index is -0.534. The normalized spacial score (nSPS) is 10.5. The van der Waals surface area contributed by atoms with E-state index in [1.54, 1.807) is 47.4 Å². The first kappa shape index (κ1) is 21.9. The summed E-state index contributed by atoms with van der Waals surface area (Å²) in [5, 5.41) is 4.71. The molecule has 1 aromatic heterocycles. The predicted octanol–water partition coefficient (Wildman–Crippen LogP) is 4.86.